The first kappa shape index (κ1) is 23.2. The van der Waals surface area contributed by atoms with Gasteiger partial charge in [0, 0.05) is 18.3 Å². The highest BCUT2D eigenvalue weighted by Gasteiger charge is 2.46. The first-order chi connectivity index (χ1) is 9.49. The van der Waals surface area contributed by atoms with E-state index in [1.165, 1.54) is 77.0 Å². The first-order valence-electron chi connectivity index (χ1n) is 9.35. The van der Waals surface area contributed by atoms with Gasteiger partial charge >= 0.3 is 0 Å². The highest BCUT2D eigenvalue weighted by molar-refractivity contribution is 4.94. The van der Waals surface area contributed by atoms with Crippen molar-refractivity contribution in [1.29, 1.82) is 0 Å². The third-order valence-electron chi connectivity index (χ3n) is 5.46. The van der Waals surface area contributed by atoms with Gasteiger partial charge in [-0.25, -0.2) is 0 Å². The zero-order chi connectivity index (χ0) is 15.5. The third kappa shape index (κ3) is 7.65. The Morgan fingerprint density at radius 2 is 0.905 bits per heavy atom. The van der Waals surface area contributed by atoms with Crippen LogP contribution in [0.5, 0.6) is 0 Å². The lowest BCUT2D eigenvalue weighted by Gasteiger charge is -2.44. The molecule has 0 spiro atoms. The molecule has 2 nitrogen and oxygen atoms in total. The minimum absolute atomic E-state index is 0. The fourth-order valence-corrected chi connectivity index (χ4v) is 3.55. The molecule has 2 heteroatoms. The molecule has 4 N–H and O–H groups in total. The molecule has 0 aliphatic rings. The quantitative estimate of drug-likeness (QED) is 0.476. The molecule has 0 heterocycles. The van der Waals surface area contributed by atoms with Crippen LogP contribution >= 0.6 is 0 Å². The maximum atomic E-state index is 4.82. The van der Waals surface area contributed by atoms with Gasteiger partial charge in [0.15, 0.2) is 0 Å². The highest BCUT2D eigenvalue weighted by Crippen LogP contribution is 2.43. The van der Waals surface area contributed by atoms with Crippen LogP contribution < -0.4 is 5.73 Å². The fourth-order valence-electron chi connectivity index (χ4n) is 3.55. The second-order valence-corrected chi connectivity index (χ2v) is 7.26. The van der Waals surface area contributed by atoms with Crippen LogP contribution in [-0.2, 0) is 0 Å². The standard InChI is InChI=1S/C19H41N.H2O/c1-6-10-14-18(5,15-11-7-2)19(20,16-12-8-3)17-13-9-4;/h6-17,20H2,1-5H3;1H2. The summed E-state index contributed by atoms with van der Waals surface area (Å²) in [5.41, 5.74) is 5.58. The molecule has 0 fully saturated rings. The molecule has 0 rings (SSSR count). The molecule has 0 saturated heterocycles. The van der Waals surface area contributed by atoms with E-state index in [1.807, 2.05) is 0 Å². The SMILES string of the molecule is CCCCC(C)(CCCC)C([NH3+])(CCCC)CCCC.[OH-]. The zero-order valence-corrected chi connectivity index (χ0v) is 15.6. The van der Waals surface area contributed by atoms with Crippen LogP contribution in [0, 0.1) is 5.41 Å². The Bertz CT molecular complexity index is 188. The van der Waals surface area contributed by atoms with Crippen molar-refractivity contribution in [2.75, 3.05) is 0 Å². The summed E-state index contributed by atoms with van der Waals surface area (Å²) >= 11 is 0. The van der Waals surface area contributed by atoms with Crippen LogP contribution in [0.4, 0.5) is 0 Å². The molecule has 0 aliphatic heterocycles. The van der Waals surface area contributed by atoms with E-state index in [-0.39, 0.29) is 5.48 Å². The van der Waals surface area contributed by atoms with E-state index in [2.05, 4.69) is 34.6 Å². The van der Waals surface area contributed by atoms with Gasteiger partial charge in [-0.2, -0.15) is 0 Å². The summed E-state index contributed by atoms with van der Waals surface area (Å²) in [7, 11) is 0. The lowest BCUT2D eigenvalue weighted by Crippen LogP contribution is -2.79. The van der Waals surface area contributed by atoms with Crippen molar-refractivity contribution in [2.24, 2.45) is 5.41 Å². The molecular formula is C19H43NO. The third-order valence-corrected chi connectivity index (χ3v) is 5.46. The number of quaternary nitrogens is 1. The largest absolute Gasteiger partial charge is 0.870 e. The molecule has 0 aliphatic carbocycles. The van der Waals surface area contributed by atoms with E-state index in [0.29, 0.717) is 11.0 Å². The molecule has 0 unspecified atom stereocenters. The van der Waals surface area contributed by atoms with E-state index >= 15 is 0 Å². The Morgan fingerprint density at radius 3 is 1.19 bits per heavy atom. The summed E-state index contributed by atoms with van der Waals surface area (Å²) in [6.45, 7) is 11.8. The molecule has 21 heavy (non-hydrogen) atoms. The topological polar surface area (TPSA) is 57.6 Å². The van der Waals surface area contributed by atoms with E-state index in [0.717, 1.165) is 0 Å². The van der Waals surface area contributed by atoms with E-state index in [4.69, 9.17) is 5.73 Å². The average Bonchev–Trinajstić information content (AvgIpc) is 2.46. The van der Waals surface area contributed by atoms with Crippen LogP contribution in [0.1, 0.15) is 112 Å². The second-order valence-electron chi connectivity index (χ2n) is 7.26. The van der Waals surface area contributed by atoms with E-state index < -0.39 is 0 Å². The number of rotatable bonds is 13. The predicted octanol–water partition coefficient (Wildman–Crippen LogP) is 5.56. The summed E-state index contributed by atoms with van der Waals surface area (Å²) < 4.78 is 0. The zero-order valence-electron chi connectivity index (χ0n) is 15.6. The van der Waals surface area contributed by atoms with Crippen molar-refractivity contribution in [1.82, 2.24) is 0 Å². The van der Waals surface area contributed by atoms with Gasteiger partial charge in [0.1, 0.15) is 0 Å². The van der Waals surface area contributed by atoms with Gasteiger partial charge in [0.05, 0.1) is 5.54 Å². The van der Waals surface area contributed by atoms with Crippen molar-refractivity contribution in [2.45, 2.75) is 117 Å². The van der Waals surface area contributed by atoms with Crippen molar-refractivity contribution < 1.29 is 11.2 Å². The maximum absolute atomic E-state index is 4.82. The van der Waals surface area contributed by atoms with Gasteiger partial charge < -0.3 is 11.2 Å². The molecule has 0 radical (unpaired) electrons. The Morgan fingerprint density at radius 1 is 0.619 bits per heavy atom. The second kappa shape index (κ2) is 12.5. The normalized spacial score (nSPS) is 12.3. The van der Waals surface area contributed by atoms with Gasteiger partial charge in [-0.15, -0.1) is 0 Å². The molecule has 0 amide bonds. The Labute approximate surface area is 134 Å². The van der Waals surface area contributed by atoms with Crippen LogP contribution in [0.15, 0.2) is 0 Å². The van der Waals surface area contributed by atoms with Crippen LogP contribution in [0.3, 0.4) is 0 Å². The molecule has 0 aromatic carbocycles. The summed E-state index contributed by atoms with van der Waals surface area (Å²) in [5, 5.41) is 0. The molecule has 0 saturated carbocycles. The van der Waals surface area contributed by atoms with Gasteiger partial charge in [-0.3, -0.25) is 0 Å². The molecule has 0 bridgehead atoms. The van der Waals surface area contributed by atoms with Crippen molar-refractivity contribution in [3.05, 3.63) is 0 Å². The summed E-state index contributed by atoms with van der Waals surface area (Å²) in [4.78, 5) is 0. The predicted molar refractivity (Wildman–Crippen MR) is 93.8 cm³/mol. The monoisotopic (exact) mass is 301 g/mol. The molecule has 0 atom stereocenters. The summed E-state index contributed by atoms with van der Waals surface area (Å²) in [5.74, 6) is 0. The Balaban J connectivity index is 0. The maximum Gasteiger partial charge on any atom is 0.0999 e. The molecule has 0 aromatic rings. The van der Waals surface area contributed by atoms with E-state index in [1.54, 1.807) is 0 Å². The smallest absolute Gasteiger partial charge is 0.0999 e. The Hall–Kier alpha value is -0.0800. The van der Waals surface area contributed by atoms with Gasteiger partial charge in [-0.05, 0) is 25.7 Å². The minimum Gasteiger partial charge on any atom is -0.870 e. The lowest BCUT2D eigenvalue weighted by atomic mass is 9.62. The summed E-state index contributed by atoms with van der Waals surface area (Å²) in [6.07, 6.45) is 16.1. The van der Waals surface area contributed by atoms with Crippen LogP contribution in [0.25, 0.3) is 0 Å². The van der Waals surface area contributed by atoms with Crippen molar-refractivity contribution in [3.8, 4) is 0 Å². The van der Waals surface area contributed by atoms with Crippen molar-refractivity contribution in [3.63, 3.8) is 0 Å². The van der Waals surface area contributed by atoms with Gasteiger partial charge in [0.2, 0.25) is 0 Å². The van der Waals surface area contributed by atoms with Crippen molar-refractivity contribution >= 4 is 0 Å². The number of hydrogen-bond donors (Lipinski definition) is 1. The van der Waals surface area contributed by atoms with Crippen LogP contribution in [-0.4, -0.2) is 11.0 Å². The molecule has 130 valence electrons. The fraction of sp³-hybridized carbons (Fsp3) is 1.00. The van der Waals surface area contributed by atoms with Gasteiger partial charge in [0.25, 0.3) is 0 Å². The van der Waals surface area contributed by atoms with E-state index in [9.17, 15) is 0 Å². The highest BCUT2D eigenvalue weighted by atomic mass is 16.0. The number of unbranched alkanes of at least 4 members (excludes halogenated alkanes) is 4. The molecular weight excluding hydrogens is 258 g/mol. The lowest BCUT2D eigenvalue weighted by molar-refractivity contribution is -0.513. The first-order valence-corrected chi connectivity index (χ1v) is 9.35. The minimum atomic E-state index is 0. The van der Waals surface area contributed by atoms with Gasteiger partial charge in [-0.1, -0.05) is 73.1 Å². The Kier molecular flexibility index (Phi) is 13.8. The average molecular weight is 302 g/mol. The summed E-state index contributed by atoms with van der Waals surface area (Å²) in [6, 6.07) is 0. The number of hydrogen-bond acceptors (Lipinski definition) is 1. The van der Waals surface area contributed by atoms with Crippen LogP contribution in [0.2, 0.25) is 0 Å². The molecule has 0 aromatic heterocycles.